The highest BCUT2D eigenvalue weighted by Crippen LogP contribution is 2.38. The van der Waals surface area contributed by atoms with Crippen molar-refractivity contribution in [2.45, 2.75) is 13.3 Å². The van der Waals surface area contributed by atoms with Gasteiger partial charge in [0, 0.05) is 52.3 Å². The number of carbonyl (C=O) groups excluding carboxylic acids is 1. The zero-order valence-corrected chi connectivity index (χ0v) is 22.2. The number of aromatic amines is 2. The van der Waals surface area contributed by atoms with Crippen LogP contribution < -0.4 is 5.32 Å². The van der Waals surface area contributed by atoms with Gasteiger partial charge in [-0.25, -0.2) is 0 Å². The number of anilines is 1. The molecule has 5 aromatic heterocycles. The molecule has 0 spiro atoms. The van der Waals surface area contributed by atoms with Crippen LogP contribution in [0.1, 0.15) is 22.8 Å². The van der Waals surface area contributed by atoms with Gasteiger partial charge in [-0.3, -0.25) is 24.8 Å². The molecule has 0 atom stereocenters. The van der Waals surface area contributed by atoms with Crippen molar-refractivity contribution in [3.8, 4) is 33.6 Å². The van der Waals surface area contributed by atoms with Crippen molar-refractivity contribution >= 4 is 33.4 Å². The van der Waals surface area contributed by atoms with Gasteiger partial charge in [0.2, 0.25) is 0 Å². The fourth-order valence-electron chi connectivity index (χ4n) is 5.36. The van der Waals surface area contributed by atoms with Gasteiger partial charge in [-0.05, 0) is 65.6 Å². The van der Waals surface area contributed by atoms with Crippen molar-refractivity contribution in [3.63, 3.8) is 0 Å². The quantitative estimate of drug-likeness (QED) is 0.211. The van der Waals surface area contributed by atoms with Crippen molar-refractivity contribution in [2.75, 3.05) is 5.32 Å². The van der Waals surface area contributed by atoms with E-state index in [1.807, 2.05) is 60.9 Å². The Morgan fingerprint density at radius 3 is 2.46 bits per heavy atom. The molecule has 0 aliphatic carbocycles. The second-order valence-electron chi connectivity index (χ2n) is 9.79. The average Bonchev–Trinajstić information content (AvgIpc) is 3.62. The van der Waals surface area contributed by atoms with E-state index in [4.69, 9.17) is 5.10 Å². The molecule has 8 heteroatoms. The number of aryl methyl sites for hydroxylation is 1. The number of hydrogen-bond donors (Lipinski definition) is 3. The molecule has 198 valence electrons. The van der Waals surface area contributed by atoms with Crippen LogP contribution in [-0.4, -0.2) is 36.0 Å². The van der Waals surface area contributed by atoms with Gasteiger partial charge in [-0.2, -0.15) is 5.10 Å². The first-order valence-corrected chi connectivity index (χ1v) is 13.4. The van der Waals surface area contributed by atoms with E-state index in [2.05, 4.69) is 43.3 Å². The van der Waals surface area contributed by atoms with Crippen LogP contribution in [0.15, 0.2) is 104 Å². The fraction of sp³-hybridized carbons (Fsp3) is 0.0606. The number of nitrogens with one attached hydrogen (secondary N) is 3. The second-order valence-corrected chi connectivity index (χ2v) is 9.79. The first kappa shape index (κ1) is 24.4. The summed E-state index contributed by atoms with van der Waals surface area (Å²) in [4.78, 5) is 29.4. The summed E-state index contributed by atoms with van der Waals surface area (Å²) in [6.07, 6.45) is 11.6. The average molecular weight is 536 g/mol. The molecular formula is C33H25N7O. The van der Waals surface area contributed by atoms with E-state index >= 15 is 0 Å². The molecule has 1 amide bonds. The van der Waals surface area contributed by atoms with Crippen molar-refractivity contribution in [2.24, 2.45) is 0 Å². The number of fused-ring (bicyclic) bond motifs is 2. The number of carbonyl (C=O) groups is 1. The number of benzene rings is 2. The summed E-state index contributed by atoms with van der Waals surface area (Å²) in [6.45, 7) is 2.16. The number of rotatable bonds is 6. The van der Waals surface area contributed by atoms with Crippen LogP contribution in [0, 0.1) is 0 Å². The highest BCUT2D eigenvalue weighted by atomic mass is 16.1. The van der Waals surface area contributed by atoms with Crippen LogP contribution in [0.4, 0.5) is 5.69 Å². The SMILES string of the molecule is CCc1c(-c2n[nH]c3ccc(-c4cncc(NC(=O)c5ccccc5)c4)cc23)[nH]c2cncc(-c3ccncc3)c12. The van der Waals surface area contributed by atoms with Crippen LogP contribution in [0.25, 0.3) is 55.4 Å². The van der Waals surface area contributed by atoms with Gasteiger partial charge in [0.05, 0.1) is 34.8 Å². The van der Waals surface area contributed by atoms with Crippen LogP contribution in [0.5, 0.6) is 0 Å². The molecule has 0 saturated carbocycles. The fourth-order valence-corrected chi connectivity index (χ4v) is 5.36. The first-order chi connectivity index (χ1) is 20.2. The zero-order chi connectivity index (χ0) is 27.8. The van der Waals surface area contributed by atoms with Gasteiger partial charge in [0.15, 0.2) is 0 Å². The minimum absolute atomic E-state index is 0.177. The van der Waals surface area contributed by atoms with E-state index in [-0.39, 0.29) is 5.91 Å². The molecule has 8 nitrogen and oxygen atoms in total. The van der Waals surface area contributed by atoms with Gasteiger partial charge in [0.25, 0.3) is 5.91 Å². The Bertz CT molecular complexity index is 2030. The van der Waals surface area contributed by atoms with Crippen LogP contribution in [0.3, 0.4) is 0 Å². The van der Waals surface area contributed by atoms with E-state index < -0.39 is 0 Å². The molecule has 0 radical (unpaired) electrons. The van der Waals surface area contributed by atoms with Crippen LogP contribution in [-0.2, 0) is 6.42 Å². The molecule has 41 heavy (non-hydrogen) atoms. The third kappa shape index (κ3) is 4.41. The number of hydrogen-bond acceptors (Lipinski definition) is 5. The van der Waals surface area contributed by atoms with E-state index in [0.29, 0.717) is 11.3 Å². The highest BCUT2D eigenvalue weighted by Gasteiger charge is 2.20. The lowest BCUT2D eigenvalue weighted by Gasteiger charge is -2.08. The first-order valence-electron chi connectivity index (χ1n) is 13.4. The minimum atomic E-state index is -0.177. The smallest absolute Gasteiger partial charge is 0.255 e. The molecule has 0 saturated heterocycles. The number of pyridine rings is 3. The number of aromatic nitrogens is 6. The predicted octanol–water partition coefficient (Wildman–Crippen LogP) is 7.04. The Labute approximate surface area is 235 Å². The Morgan fingerprint density at radius 1 is 0.805 bits per heavy atom. The second kappa shape index (κ2) is 10.2. The third-order valence-corrected chi connectivity index (χ3v) is 7.32. The van der Waals surface area contributed by atoms with Crippen LogP contribution >= 0.6 is 0 Å². The maximum atomic E-state index is 12.7. The topological polar surface area (TPSA) is 112 Å². The molecule has 7 rings (SSSR count). The molecule has 2 aromatic carbocycles. The Balaban J connectivity index is 1.30. The summed E-state index contributed by atoms with van der Waals surface area (Å²) < 4.78 is 0. The molecule has 0 unspecified atom stereocenters. The third-order valence-electron chi connectivity index (χ3n) is 7.32. The van der Waals surface area contributed by atoms with Crippen molar-refractivity contribution < 1.29 is 4.79 Å². The van der Waals surface area contributed by atoms with Gasteiger partial charge in [-0.1, -0.05) is 31.2 Å². The van der Waals surface area contributed by atoms with E-state index in [9.17, 15) is 4.79 Å². The van der Waals surface area contributed by atoms with Gasteiger partial charge in [-0.15, -0.1) is 0 Å². The van der Waals surface area contributed by atoms with E-state index in [1.54, 1.807) is 36.9 Å². The maximum absolute atomic E-state index is 12.7. The Hall–Kier alpha value is -5.63. The molecule has 5 heterocycles. The maximum Gasteiger partial charge on any atom is 0.255 e. The Morgan fingerprint density at radius 2 is 1.63 bits per heavy atom. The lowest BCUT2D eigenvalue weighted by molar-refractivity contribution is 0.102. The summed E-state index contributed by atoms with van der Waals surface area (Å²) in [5.41, 5.74) is 10.1. The summed E-state index contributed by atoms with van der Waals surface area (Å²) in [7, 11) is 0. The largest absolute Gasteiger partial charge is 0.352 e. The Kier molecular flexibility index (Phi) is 6.05. The summed E-state index contributed by atoms with van der Waals surface area (Å²) in [5.74, 6) is -0.177. The molecule has 0 bridgehead atoms. The summed E-state index contributed by atoms with van der Waals surface area (Å²) in [5, 5.41) is 13.0. The number of H-pyrrole nitrogens is 2. The van der Waals surface area contributed by atoms with Gasteiger partial charge >= 0.3 is 0 Å². The van der Waals surface area contributed by atoms with Crippen LogP contribution in [0.2, 0.25) is 0 Å². The monoisotopic (exact) mass is 535 g/mol. The normalized spacial score (nSPS) is 11.2. The van der Waals surface area contributed by atoms with Crippen molar-refractivity contribution in [1.82, 2.24) is 30.1 Å². The van der Waals surface area contributed by atoms with Gasteiger partial charge < -0.3 is 10.3 Å². The standard InChI is InChI=1S/C33H25N7O/c1-2-25-30-27(20-10-12-34-13-11-20)18-36-19-29(30)38-31(25)32-26-15-22(8-9-28(26)39-40-32)23-14-24(17-35-16-23)37-33(41)21-6-4-3-5-7-21/h3-19,38H,2H2,1H3,(H,37,41)(H,39,40). The highest BCUT2D eigenvalue weighted by molar-refractivity contribution is 6.05. The molecule has 0 fully saturated rings. The summed E-state index contributed by atoms with van der Waals surface area (Å²) >= 11 is 0. The van der Waals surface area contributed by atoms with Crippen molar-refractivity contribution in [1.29, 1.82) is 0 Å². The molecule has 7 aromatic rings. The zero-order valence-electron chi connectivity index (χ0n) is 22.2. The van der Waals surface area contributed by atoms with E-state index in [0.717, 1.165) is 61.9 Å². The summed E-state index contributed by atoms with van der Waals surface area (Å²) in [6, 6.07) is 21.2. The van der Waals surface area contributed by atoms with Gasteiger partial charge in [0.1, 0.15) is 5.69 Å². The lowest BCUT2D eigenvalue weighted by atomic mass is 9.98. The minimum Gasteiger partial charge on any atom is -0.352 e. The molecule has 0 aliphatic rings. The molecule has 0 aliphatic heterocycles. The molecule has 3 N–H and O–H groups in total. The number of nitrogens with zero attached hydrogens (tertiary/aromatic N) is 4. The van der Waals surface area contributed by atoms with Crippen molar-refractivity contribution in [3.05, 3.63) is 115 Å². The van der Waals surface area contributed by atoms with E-state index in [1.165, 1.54) is 5.56 Å². The molecular weight excluding hydrogens is 510 g/mol. The number of amides is 1. The predicted molar refractivity (Wildman–Crippen MR) is 161 cm³/mol. The lowest BCUT2D eigenvalue weighted by Crippen LogP contribution is -2.11.